The first-order valence-electron chi connectivity index (χ1n) is 7.09. The van der Waals surface area contributed by atoms with Crippen molar-refractivity contribution in [1.82, 2.24) is 9.80 Å². The quantitative estimate of drug-likeness (QED) is 0.407. The van der Waals surface area contributed by atoms with Gasteiger partial charge in [0, 0.05) is 18.8 Å². The predicted octanol–water partition coefficient (Wildman–Crippen LogP) is 1.73. The van der Waals surface area contributed by atoms with E-state index in [0.29, 0.717) is 24.9 Å². The molecule has 116 valence electrons. The molecular weight excluding hydrogens is 268 g/mol. The van der Waals surface area contributed by atoms with Crippen LogP contribution in [0.3, 0.4) is 0 Å². The summed E-state index contributed by atoms with van der Waals surface area (Å²) in [5.74, 6) is -0.390. The Morgan fingerprint density at radius 1 is 1.43 bits per heavy atom. The predicted molar refractivity (Wildman–Crippen MR) is 82.5 cm³/mol. The first-order valence-corrected chi connectivity index (χ1v) is 7.09. The summed E-state index contributed by atoms with van der Waals surface area (Å²) in [6.45, 7) is 12.0. The number of rotatable bonds is 7. The number of amides is 1. The van der Waals surface area contributed by atoms with Gasteiger partial charge in [-0.05, 0) is 25.5 Å². The lowest BCUT2D eigenvalue weighted by atomic mass is 9.85. The van der Waals surface area contributed by atoms with Crippen molar-refractivity contribution in [2.75, 3.05) is 26.7 Å². The maximum absolute atomic E-state index is 12.3. The maximum atomic E-state index is 12.3. The van der Waals surface area contributed by atoms with E-state index in [2.05, 4.69) is 25.0 Å². The van der Waals surface area contributed by atoms with E-state index < -0.39 is 11.5 Å². The normalized spacial score (nSPS) is 18.2. The fraction of sp³-hybridized carbons (Fsp3) is 0.500. The van der Waals surface area contributed by atoms with Gasteiger partial charge < -0.3 is 9.64 Å². The Balaban J connectivity index is 3.08. The molecule has 0 saturated carbocycles. The van der Waals surface area contributed by atoms with Crippen molar-refractivity contribution < 1.29 is 14.3 Å². The molecule has 0 N–H and O–H groups in total. The summed E-state index contributed by atoms with van der Waals surface area (Å²) in [6, 6.07) is 0. The number of hydrogen-bond acceptors (Lipinski definition) is 4. The highest BCUT2D eigenvalue weighted by Gasteiger charge is 2.47. The lowest BCUT2D eigenvalue weighted by molar-refractivity contribution is -0.159. The summed E-state index contributed by atoms with van der Waals surface area (Å²) in [4.78, 5) is 27.5. The highest BCUT2D eigenvalue weighted by Crippen LogP contribution is 2.32. The number of allylic oxidation sites excluding steroid dienone is 3. The molecule has 1 fully saturated rings. The standard InChI is InChI=1S/C16H24N2O3/c1-5-7-8-14(3)18(13-19)16(15(20)21-4)9-11-17(6-2)12-10-16/h5,7-8,13H,1,3,6,9-12H2,2,4H3/b8-7-. The third kappa shape index (κ3) is 3.61. The first-order chi connectivity index (χ1) is 10.1. The minimum Gasteiger partial charge on any atom is -0.467 e. The molecule has 1 saturated heterocycles. The number of esters is 1. The third-order valence-electron chi connectivity index (χ3n) is 4.00. The molecule has 21 heavy (non-hydrogen) atoms. The fourth-order valence-corrected chi connectivity index (χ4v) is 2.68. The Morgan fingerprint density at radius 3 is 2.48 bits per heavy atom. The lowest BCUT2D eigenvalue weighted by Gasteiger charge is -2.44. The summed E-state index contributed by atoms with van der Waals surface area (Å²) < 4.78 is 4.96. The Morgan fingerprint density at radius 2 is 2.05 bits per heavy atom. The summed E-state index contributed by atoms with van der Waals surface area (Å²) in [5.41, 5.74) is -0.509. The molecule has 1 rings (SSSR count). The van der Waals surface area contributed by atoms with Gasteiger partial charge >= 0.3 is 5.97 Å². The van der Waals surface area contributed by atoms with Crippen molar-refractivity contribution in [3.63, 3.8) is 0 Å². The van der Waals surface area contributed by atoms with Gasteiger partial charge in [-0.15, -0.1) is 0 Å². The lowest BCUT2D eigenvalue weighted by Crippen LogP contribution is -2.59. The van der Waals surface area contributed by atoms with Gasteiger partial charge in [-0.25, -0.2) is 4.79 Å². The van der Waals surface area contributed by atoms with Gasteiger partial charge in [0.2, 0.25) is 6.41 Å². The van der Waals surface area contributed by atoms with E-state index in [9.17, 15) is 9.59 Å². The number of carbonyl (C=O) groups excluding carboxylic acids is 2. The number of nitrogens with zero attached hydrogens (tertiary/aromatic N) is 2. The molecule has 0 atom stereocenters. The first kappa shape index (κ1) is 17.2. The van der Waals surface area contributed by atoms with Crippen molar-refractivity contribution in [3.05, 3.63) is 37.1 Å². The van der Waals surface area contributed by atoms with Gasteiger partial charge in [-0.2, -0.15) is 0 Å². The van der Waals surface area contributed by atoms with Crippen LogP contribution in [-0.4, -0.2) is 54.5 Å². The monoisotopic (exact) mass is 292 g/mol. The third-order valence-corrected chi connectivity index (χ3v) is 4.00. The van der Waals surface area contributed by atoms with E-state index in [0.717, 1.165) is 19.6 Å². The van der Waals surface area contributed by atoms with Crippen LogP contribution >= 0.6 is 0 Å². The van der Waals surface area contributed by atoms with Crippen LogP contribution in [-0.2, 0) is 14.3 Å². The molecule has 1 amide bonds. The van der Waals surface area contributed by atoms with E-state index in [1.54, 1.807) is 18.2 Å². The van der Waals surface area contributed by atoms with Crippen molar-refractivity contribution >= 4 is 12.4 Å². The van der Waals surface area contributed by atoms with Gasteiger partial charge in [-0.1, -0.05) is 32.2 Å². The summed E-state index contributed by atoms with van der Waals surface area (Å²) in [5, 5.41) is 0. The van der Waals surface area contributed by atoms with E-state index in [-0.39, 0.29) is 0 Å². The molecule has 0 unspecified atom stereocenters. The van der Waals surface area contributed by atoms with Crippen LogP contribution in [0.4, 0.5) is 0 Å². The summed E-state index contributed by atoms with van der Waals surface area (Å²) in [7, 11) is 1.35. The molecule has 1 heterocycles. The van der Waals surface area contributed by atoms with Crippen LogP contribution in [0.2, 0.25) is 0 Å². The molecular formula is C16H24N2O3. The van der Waals surface area contributed by atoms with Gasteiger partial charge in [0.05, 0.1) is 7.11 Å². The Kier molecular flexibility index (Phi) is 6.37. The number of methoxy groups -OCH3 is 1. The van der Waals surface area contributed by atoms with Gasteiger partial charge in [0.15, 0.2) is 0 Å². The largest absolute Gasteiger partial charge is 0.467 e. The zero-order chi connectivity index (χ0) is 15.9. The van der Waals surface area contributed by atoms with E-state index in [1.165, 1.54) is 12.0 Å². The van der Waals surface area contributed by atoms with E-state index in [4.69, 9.17) is 4.74 Å². The topological polar surface area (TPSA) is 49.9 Å². The minimum absolute atomic E-state index is 0.390. The molecule has 0 aromatic heterocycles. The van der Waals surface area contributed by atoms with Gasteiger partial charge in [0.1, 0.15) is 5.54 Å². The average molecular weight is 292 g/mol. The highest BCUT2D eigenvalue weighted by molar-refractivity contribution is 5.84. The van der Waals surface area contributed by atoms with Crippen LogP contribution in [0.1, 0.15) is 19.8 Å². The SMILES string of the molecule is C=C/C=C\C(=C)N(C=O)C1(C(=O)OC)CCN(CC)CC1. The van der Waals surface area contributed by atoms with Crippen molar-refractivity contribution in [2.24, 2.45) is 0 Å². The van der Waals surface area contributed by atoms with E-state index in [1.807, 2.05) is 0 Å². The smallest absolute Gasteiger partial charge is 0.332 e. The second kappa shape index (κ2) is 7.78. The maximum Gasteiger partial charge on any atom is 0.332 e. The Hall–Kier alpha value is -1.88. The molecule has 0 bridgehead atoms. The molecule has 5 heteroatoms. The van der Waals surface area contributed by atoms with Crippen LogP contribution in [0.15, 0.2) is 37.1 Å². The van der Waals surface area contributed by atoms with Gasteiger partial charge in [-0.3, -0.25) is 9.69 Å². The molecule has 5 nitrogen and oxygen atoms in total. The summed E-state index contributed by atoms with van der Waals surface area (Å²) >= 11 is 0. The van der Waals surface area contributed by atoms with Crippen LogP contribution in [0, 0.1) is 0 Å². The second-order valence-corrected chi connectivity index (χ2v) is 5.02. The number of piperidine rings is 1. The number of ether oxygens (including phenoxy) is 1. The summed E-state index contributed by atoms with van der Waals surface area (Å²) in [6.07, 6.45) is 6.68. The number of carbonyl (C=O) groups is 2. The molecule has 0 aromatic carbocycles. The second-order valence-electron chi connectivity index (χ2n) is 5.02. The highest BCUT2D eigenvalue weighted by atomic mass is 16.5. The minimum atomic E-state index is -0.967. The Bertz CT molecular complexity index is 435. The fourth-order valence-electron chi connectivity index (χ4n) is 2.68. The Labute approximate surface area is 126 Å². The molecule has 0 aromatic rings. The molecule has 1 aliphatic rings. The number of likely N-dealkylation sites (tertiary alicyclic amines) is 1. The zero-order valence-corrected chi connectivity index (χ0v) is 12.9. The van der Waals surface area contributed by atoms with Crippen molar-refractivity contribution in [2.45, 2.75) is 25.3 Å². The van der Waals surface area contributed by atoms with Crippen molar-refractivity contribution in [3.8, 4) is 0 Å². The average Bonchev–Trinajstić information content (AvgIpc) is 2.53. The van der Waals surface area contributed by atoms with Crippen LogP contribution in [0.25, 0.3) is 0 Å². The van der Waals surface area contributed by atoms with Gasteiger partial charge in [0.25, 0.3) is 0 Å². The van der Waals surface area contributed by atoms with E-state index >= 15 is 0 Å². The van der Waals surface area contributed by atoms with Crippen molar-refractivity contribution in [1.29, 1.82) is 0 Å². The van der Waals surface area contributed by atoms with Crippen LogP contribution < -0.4 is 0 Å². The zero-order valence-electron chi connectivity index (χ0n) is 12.9. The molecule has 0 spiro atoms. The molecule has 0 aliphatic carbocycles. The molecule has 1 aliphatic heterocycles. The van der Waals surface area contributed by atoms with Crippen LogP contribution in [0.5, 0.6) is 0 Å². The molecule has 0 radical (unpaired) electrons. The number of hydrogen-bond donors (Lipinski definition) is 0.